The average molecular weight is 194 g/mol. The third-order valence-corrected chi connectivity index (χ3v) is 3.03. The SMILES string of the molecule is CC1CC(NCc2ccco2)CN1C. The lowest BCUT2D eigenvalue weighted by Crippen LogP contribution is -2.30. The molecular weight excluding hydrogens is 176 g/mol. The molecule has 2 atom stereocenters. The Morgan fingerprint density at radius 3 is 3.07 bits per heavy atom. The van der Waals surface area contributed by atoms with E-state index in [1.807, 2.05) is 12.1 Å². The van der Waals surface area contributed by atoms with E-state index in [2.05, 4.69) is 24.2 Å². The van der Waals surface area contributed by atoms with Gasteiger partial charge in [-0.3, -0.25) is 0 Å². The molecule has 2 unspecified atom stereocenters. The van der Waals surface area contributed by atoms with Gasteiger partial charge < -0.3 is 14.6 Å². The van der Waals surface area contributed by atoms with Crippen molar-refractivity contribution < 1.29 is 4.42 Å². The quantitative estimate of drug-likeness (QED) is 0.789. The van der Waals surface area contributed by atoms with Gasteiger partial charge in [0, 0.05) is 18.6 Å². The van der Waals surface area contributed by atoms with Crippen LogP contribution in [0.5, 0.6) is 0 Å². The van der Waals surface area contributed by atoms with Gasteiger partial charge in [-0.2, -0.15) is 0 Å². The largest absolute Gasteiger partial charge is 0.468 e. The molecule has 14 heavy (non-hydrogen) atoms. The van der Waals surface area contributed by atoms with Crippen LogP contribution in [0.25, 0.3) is 0 Å². The smallest absolute Gasteiger partial charge is 0.117 e. The van der Waals surface area contributed by atoms with E-state index in [-0.39, 0.29) is 0 Å². The Labute approximate surface area is 85.1 Å². The first-order chi connectivity index (χ1) is 6.75. The predicted molar refractivity (Wildman–Crippen MR) is 56.0 cm³/mol. The summed E-state index contributed by atoms with van der Waals surface area (Å²) in [5.41, 5.74) is 0. The van der Waals surface area contributed by atoms with Crippen LogP contribution in [0.2, 0.25) is 0 Å². The highest BCUT2D eigenvalue weighted by molar-refractivity contribution is 4.98. The highest BCUT2D eigenvalue weighted by Gasteiger charge is 2.25. The molecule has 0 spiro atoms. The molecule has 1 N–H and O–H groups in total. The molecule has 1 aliphatic rings. The van der Waals surface area contributed by atoms with Gasteiger partial charge in [-0.05, 0) is 32.5 Å². The molecule has 0 bridgehead atoms. The maximum atomic E-state index is 5.27. The van der Waals surface area contributed by atoms with Crippen LogP contribution in [-0.2, 0) is 6.54 Å². The summed E-state index contributed by atoms with van der Waals surface area (Å²) in [5, 5.41) is 3.51. The minimum atomic E-state index is 0.611. The van der Waals surface area contributed by atoms with Gasteiger partial charge in [-0.15, -0.1) is 0 Å². The van der Waals surface area contributed by atoms with E-state index in [1.54, 1.807) is 6.26 Å². The number of nitrogens with one attached hydrogen (secondary N) is 1. The average Bonchev–Trinajstić information content (AvgIpc) is 2.74. The number of likely N-dealkylation sites (tertiary alicyclic amines) is 1. The summed E-state index contributed by atoms with van der Waals surface area (Å²) < 4.78 is 5.27. The molecule has 1 saturated heterocycles. The molecule has 78 valence electrons. The van der Waals surface area contributed by atoms with Crippen LogP contribution in [0.1, 0.15) is 19.1 Å². The van der Waals surface area contributed by atoms with Crippen molar-refractivity contribution in [2.45, 2.75) is 32.0 Å². The second kappa shape index (κ2) is 4.15. The maximum absolute atomic E-state index is 5.27. The van der Waals surface area contributed by atoms with Crippen LogP contribution in [0.15, 0.2) is 22.8 Å². The summed E-state index contributed by atoms with van der Waals surface area (Å²) in [6.07, 6.45) is 2.96. The Morgan fingerprint density at radius 2 is 2.50 bits per heavy atom. The van der Waals surface area contributed by atoms with Crippen molar-refractivity contribution in [2.24, 2.45) is 0 Å². The first kappa shape index (κ1) is 9.74. The van der Waals surface area contributed by atoms with Gasteiger partial charge in [-0.25, -0.2) is 0 Å². The van der Waals surface area contributed by atoms with Crippen molar-refractivity contribution >= 4 is 0 Å². The first-order valence-corrected chi connectivity index (χ1v) is 5.21. The molecule has 0 radical (unpaired) electrons. The first-order valence-electron chi connectivity index (χ1n) is 5.21. The molecule has 0 aliphatic carbocycles. The van der Waals surface area contributed by atoms with Crippen molar-refractivity contribution in [1.82, 2.24) is 10.2 Å². The fraction of sp³-hybridized carbons (Fsp3) is 0.636. The van der Waals surface area contributed by atoms with Crippen molar-refractivity contribution in [1.29, 1.82) is 0 Å². The Hall–Kier alpha value is -0.800. The van der Waals surface area contributed by atoms with E-state index in [1.165, 1.54) is 6.42 Å². The second-order valence-electron chi connectivity index (χ2n) is 4.18. The molecule has 1 aliphatic heterocycles. The zero-order chi connectivity index (χ0) is 9.97. The second-order valence-corrected chi connectivity index (χ2v) is 4.18. The van der Waals surface area contributed by atoms with Crippen LogP contribution >= 0.6 is 0 Å². The fourth-order valence-electron chi connectivity index (χ4n) is 2.00. The Morgan fingerprint density at radius 1 is 1.64 bits per heavy atom. The molecule has 1 aromatic rings. The maximum Gasteiger partial charge on any atom is 0.117 e. The molecule has 2 rings (SSSR count). The highest BCUT2D eigenvalue weighted by atomic mass is 16.3. The van der Waals surface area contributed by atoms with Gasteiger partial charge in [0.1, 0.15) is 5.76 Å². The number of hydrogen-bond donors (Lipinski definition) is 1. The summed E-state index contributed by atoms with van der Waals surface area (Å²) in [6.45, 7) is 4.26. The monoisotopic (exact) mass is 194 g/mol. The van der Waals surface area contributed by atoms with Gasteiger partial charge in [0.25, 0.3) is 0 Å². The van der Waals surface area contributed by atoms with Gasteiger partial charge >= 0.3 is 0 Å². The lowest BCUT2D eigenvalue weighted by atomic mass is 10.2. The van der Waals surface area contributed by atoms with E-state index in [4.69, 9.17) is 4.42 Å². The number of hydrogen-bond acceptors (Lipinski definition) is 3. The Balaban J connectivity index is 1.77. The van der Waals surface area contributed by atoms with E-state index in [0.29, 0.717) is 12.1 Å². The Kier molecular flexibility index (Phi) is 2.89. The predicted octanol–water partition coefficient (Wildman–Crippen LogP) is 1.46. The van der Waals surface area contributed by atoms with Gasteiger partial charge in [0.05, 0.1) is 12.8 Å². The number of furan rings is 1. The number of rotatable bonds is 3. The van der Waals surface area contributed by atoms with E-state index >= 15 is 0 Å². The van der Waals surface area contributed by atoms with Crippen LogP contribution in [0.4, 0.5) is 0 Å². The van der Waals surface area contributed by atoms with Gasteiger partial charge in [0.15, 0.2) is 0 Å². The molecule has 1 aromatic heterocycles. The Bertz CT molecular complexity index is 261. The summed E-state index contributed by atoms with van der Waals surface area (Å²) >= 11 is 0. The molecule has 0 aromatic carbocycles. The van der Waals surface area contributed by atoms with E-state index < -0.39 is 0 Å². The van der Waals surface area contributed by atoms with Gasteiger partial charge in [0.2, 0.25) is 0 Å². The third kappa shape index (κ3) is 2.16. The van der Waals surface area contributed by atoms with Crippen molar-refractivity contribution in [3.63, 3.8) is 0 Å². The third-order valence-electron chi connectivity index (χ3n) is 3.03. The lowest BCUT2D eigenvalue weighted by molar-refractivity contribution is 0.326. The fourth-order valence-corrected chi connectivity index (χ4v) is 2.00. The van der Waals surface area contributed by atoms with Crippen LogP contribution in [0, 0.1) is 0 Å². The standard InChI is InChI=1S/C11H18N2O/c1-9-6-10(8-13(9)2)12-7-11-4-3-5-14-11/h3-5,9-10,12H,6-8H2,1-2H3. The van der Waals surface area contributed by atoms with Crippen LogP contribution < -0.4 is 5.32 Å². The molecule has 0 saturated carbocycles. The van der Waals surface area contributed by atoms with Crippen LogP contribution in [0.3, 0.4) is 0 Å². The lowest BCUT2D eigenvalue weighted by Gasteiger charge is -2.12. The number of nitrogens with zero attached hydrogens (tertiary/aromatic N) is 1. The van der Waals surface area contributed by atoms with Crippen molar-refractivity contribution in [3.05, 3.63) is 24.2 Å². The minimum absolute atomic E-state index is 0.611. The number of likely N-dealkylation sites (N-methyl/N-ethyl adjacent to an activating group) is 1. The minimum Gasteiger partial charge on any atom is -0.468 e. The van der Waals surface area contributed by atoms with Gasteiger partial charge in [-0.1, -0.05) is 0 Å². The van der Waals surface area contributed by atoms with Crippen LogP contribution in [-0.4, -0.2) is 30.6 Å². The molecular formula is C11H18N2O. The summed E-state index contributed by atoms with van der Waals surface area (Å²) in [6, 6.07) is 5.25. The molecule has 1 fully saturated rings. The highest BCUT2D eigenvalue weighted by Crippen LogP contribution is 2.15. The molecule has 2 heterocycles. The van der Waals surface area contributed by atoms with Crippen molar-refractivity contribution in [2.75, 3.05) is 13.6 Å². The normalized spacial score (nSPS) is 28.4. The summed E-state index contributed by atoms with van der Waals surface area (Å²) in [5.74, 6) is 1.02. The topological polar surface area (TPSA) is 28.4 Å². The molecule has 3 heteroatoms. The summed E-state index contributed by atoms with van der Waals surface area (Å²) in [7, 11) is 2.18. The summed E-state index contributed by atoms with van der Waals surface area (Å²) in [4.78, 5) is 2.39. The molecule has 3 nitrogen and oxygen atoms in total. The molecule has 0 amide bonds. The van der Waals surface area contributed by atoms with Crippen molar-refractivity contribution in [3.8, 4) is 0 Å². The zero-order valence-corrected chi connectivity index (χ0v) is 8.86. The van der Waals surface area contributed by atoms with E-state index in [0.717, 1.165) is 18.8 Å². The zero-order valence-electron chi connectivity index (χ0n) is 8.86. The van der Waals surface area contributed by atoms with E-state index in [9.17, 15) is 0 Å².